The Morgan fingerprint density at radius 2 is 1.47 bits per heavy atom. The summed E-state index contributed by atoms with van der Waals surface area (Å²) in [6.07, 6.45) is 15.9. The van der Waals surface area contributed by atoms with Crippen LogP contribution in [0.4, 0.5) is 0 Å². The van der Waals surface area contributed by atoms with Crippen molar-refractivity contribution in [3.8, 4) is 0 Å². The van der Waals surface area contributed by atoms with Gasteiger partial charge in [0.2, 0.25) is 0 Å². The molecule has 1 aliphatic rings. The van der Waals surface area contributed by atoms with Crippen LogP contribution in [-0.4, -0.2) is 24.0 Å². The predicted octanol–water partition coefficient (Wildman–Crippen LogP) is 5.00. The maximum absolute atomic E-state index is 2.68. The van der Waals surface area contributed by atoms with E-state index in [0.717, 1.165) is 6.04 Å². The number of likely N-dealkylation sites (tertiary alicyclic amines) is 1. The van der Waals surface area contributed by atoms with Crippen molar-refractivity contribution in [2.75, 3.05) is 13.1 Å². The standard InChI is InChI=1S/C16H33N/c1-3-4-5-6-7-8-9-10-11-14-17-15-12-13-16(17)2/h16H,3-15H2,1-2H3. The van der Waals surface area contributed by atoms with Crippen LogP contribution >= 0.6 is 0 Å². The zero-order valence-corrected chi connectivity index (χ0v) is 12.2. The predicted molar refractivity (Wildman–Crippen MR) is 77.5 cm³/mol. The van der Waals surface area contributed by atoms with Crippen LogP contribution < -0.4 is 0 Å². The third-order valence-corrected chi connectivity index (χ3v) is 4.24. The van der Waals surface area contributed by atoms with E-state index >= 15 is 0 Å². The van der Waals surface area contributed by atoms with Crippen molar-refractivity contribution in [1.29, 1.82) is 0 Å². The number of hydrogen-bond acceptors (Lipinski definition) is 1. The van der Waals surface area contributed by atoms with Crippen molar-refractivity contribution < 1.29 is 0 Å². The molecular formula is C16H33N. The molecule has 1 heteroatoms. The Kier molecular flexibility index (Phi) is 8.78. The summed E-state index contributed by atoms with van der Waals surface area (Å²) in [5.41, 5.74) is 0. The van der Waals surface area contributed by atoms with E-state index in [4.69, 9.17) is 0 Å². The van der Waals surface area contributed by atoms with Crippen LogP contribution in [-0.2, 0) is 0 Å². The normalized spacial score (nSPS) is 21.2. The van der Waals surface area contributed by atoms with Crippen LogP contribution in [0.1, 0.15) is 84.5 Å². The van der Waals surface area contributed by atoms with Crippen LogP contribution in [0.2, 0.25) is 0 Å². The summed E-state index contributed by atoms with van der Waals surface area (Å²) < 4.78 is 0. The average molecular weight is 239 g/mol. The number of rotatable bonds is 10. The lowest BCUT2D eigenvalue weighted by Gasteiger charge is -2.20. The molecule has 0 N–H and O–H groups in total. The van der Waals surface area contributed by atoms with Gasteiger partial charge in [0.15, 0.2) is 0 Å². The molecule has 0 radical (unpaired) electrons. The van der Waals surface area contributed by atoms with Crippen molar-refractivity contribution in [3.05, 3.63) is 0 Å². The lowest BCUT2D eigenvalue weighted by atomic mass is 10.1. The molecule has 17 heavy (non-hydrogen) atoms. The zero-order chi connectivity index (χ0) is 12.3. The van der Waals surface area contributed by atoms with Gasteiger partial charge in [-0.15, -0.1) is 0 Å². The van der Waals surface area contributed by atoms with Gasteiger partial charge in [-0.2, -0.15) is 0 Å². The van der Waals surface area contributed by atoms with Crippen molar-refractivity contribution in [2.24, 2.45) is 0 Å². The van der Waals surface area contributed by atoms with Crippen molar-refractivity contribution in [2.45, 2.75) is 90.5 Å². The second kappa shape index (κ2) is 9.94. The van der Waals surface area contributed by atoms with Gasteiger partial charge < -0.3 is 4.90 Å². The molecule has 0 amide bonds. The summed E-state index contributed by atoms with van der Waals surface area (Å²) in [5, 5.41) is 0. The van der Waals surface area contributed by atoms with Gasteiger partial charge in [-0.3, -0.25) is 0 Å². The molecule has 1 saturated heterocycles. The highest BCUT2D eigenvalue weighted by molar-refractivity contribution is 4.74. The summed E-state index contributed by atoms with van der Waals surface area (Å²) in [7, 11) is 0. The smallest absolute Gasteiger partial charge is 0.00674 e. The van der Waals surface area contributed by atoms with E-state index in [-0.39, 0.29) is 0 Å². The first-order chi connectivity index (χ1) is 8.34. The third kappa shape index (κ3) is 7.08. The summed E-state index contributed by atoms with van der Waals surface area (Å²) in [6, 6.07) is 0.865. The Morgan fingerprint density at radius 1 is 0.882 bits per heavy atom. The summed E-state index contributed by atoms with van der Waals surface area (Å²) in [5.74, 6) is 0. The van der Waals surface area contributed by atoms with Gasteiger partial charge in [0.1, 0.15) is 0 Å². The molecule has 1 fully saturated rings. The van der Waals surface area contributed by atoms with Gasteiger partial charge in [0.25, 0.3) is 0 Å². The molecule has 0 aliphatic carbocycles. The van der Waals surface area contributed by atoms with Crippen molar-refractivity contribution in [3.63, 3.8) is 0 Å². The fraction of sp³-hybridized carbons (Fsp3) is 1.00. The van der Waals surface area contributed by atoms with Crippen molar-refractivity contribution in [1.82, 2.24) is 4.90 Å². The van der Waals surface area contributed by atoms with E-state index in [0.29, 0.717) is 0 Å². The van der Waals surface area contributed by atoms with Crippen molar-refractivity contribution >= 4 is 0 Å². The highest BCUT2D eigenvalue weighted by atomic mass is 15.2. The minimum Gasteiger partial charge on any atom is -0.301 e. The first-order valence-corrected chi connectivity index (χ1v) is 8.08. The van der Waals surface area contributed by atoms with Crippen LogP contribution in [0.5, 0.6) is 0 Å². The minimum absolute atomic E-state index is 0.865. The quantitative estimate of drug-likeness (QED) is 0.485. The molecule has 1 nitrogen and oxygen atoms in total. The number of nitrogens with zero attached hydrogens (tertiary/aromatic N) is 1. The molecule has 1 unspecified atom stereocenters. The lowest BCUT2D eigenvalue weighted by Crippen LogP contribution is -2.27. The van der Waals surface area contributed by atoms with Gasteiger partial charge in [-0.05, 0) is 39.3 Å². The highest BCUT2D eigenvalue weighted by Crippen LogP contribution is 2.17. The zero-order valence-electron chi connectivity index (χ0n) is 12.2. The molecule has 0 aromatic carbocycles. The van der Waals surface area contributed by atoms with Crippen LogP contribution in [0.3, 0.4) is 0 Å². The monoisotopic (exact) mass is 239 g/mol. The maximum Gasteiger partial charge on any atom is 0.00674 e. The minimum atomic E-state index is 0.865. The Morgan fingerprint density at radius 3 is 2.00 bits per heavy atom. The maximum atomic E-state index is 2.68. The fourth-order valence-corrected chi connectivity index (χ4v) is 2.95. The molecule has 102 valence electrons. The largest absolute Gasteiger partial charge is 0.301 e. The molecule has 1 rings (SSSR count). The van der Waals surface area contributed by atoms with E-state index in [9.17, 15) is 0 Å². The summed E-state index contributed by atoms with van der Waals surface area (Å²) >= 11 is 0. The van der Waals surface area contributed by atoms with E-state index in [1.54, 1.807) is 0 Å². The molecule has 0 saturated carbocycles. The van der Waals surface area contributed by atoms with E-state index in [2.05, 4.69) is 18.7 Å². The van der Waals surface area contributed by atoms with E-state index in [1.807, 2.05) is 0 Å². The molecule has 1 heterocycles. The van der Waals surface area contributed by atoms with E-state index < -0.39 is 0 Å². The Balaban J connectivity index is 1.78. The van der Waals surface area contributed by atoms with E-state index in [1.165, 1.54) is 83.7 Å². The molecule has 0 aromatic heterocycles. The van der Waals surface area contributed by atoms with Gasteiger partial charge in [-0.25, -0.2) is 0 Å². The Labute approximate surface area is 109 Å². The first-order valence-electron chi connectivity index (χ1n) is 8.08. The molecule has 0 bridgehead atoms. The van der Waals surface area contributed by atoms with Gasteiger partial charge in [-0.1, -0.05) is 58.3 Å². The molecular weight excluding hydrogens is 206 g/mol. The molecule has 1 atom stereocenters. The SMILES string of the molecule is CCCCCCCCCCCN1CCCC1C. The lowest BCUT2D eigenvalue weighted by molar-refractivity contribution is 0.262. The summed E-state index contributed by atoms with van der Waals surface area (Å²) in [6.45, 7) is 7.40. The molecule has 0 spiro atoms. The highest BCUT2D eigenvalue weighted by Gasteiger charge is 2.18. The number of unbranched alkanes of at least 4 members (excludes halogenated alkanes) is 8. The second-order valence-corrected chi connectivity index (χ2v) is 5.86. The first kappa shape index (κ1) is 15.0. The number of hydrogen-bond donors (Lipinski definition) is 0. The van der Waals surface area contributed by atoms with Crippen LogP contribution in [0.15, 0.2) is 0 Å². The van der Waals surface area contributed by atoms with Crippen LogP contribution in [0.25, 0.3) is 0 Å². The third-order valence-electron chi connectivity index (χ3n) is 4.24. The Hall–Kier alpha value is -0.0400. The molecule has 0 aromatic rings. The second-order valence-electron chi connectivity index (χ2n) is 5.86. The fourth-order valence-electron chi connectivity index (χ4n) is 2.95. The van der Waals surface area contributed by atoms with Crippen LogP contribution in [0, 0.1) is 0 Å². The topological polar surface area (TPSA) is 3.24 Å². The summed E-state index contributed by atoms with van der Waals surface area (Å²) in [4.78, 5) is 2.68. The average Bonchev–Trinajstić information content (AvgIpc) is 2.73. The van der Waals surface area contributed by atoms with Gasteiger partial charge in [0.05, 0.1) is 0 Å². The Bertz CT molecular complexity index is 167. The van der Waals surface area contributed by atoms with Gasteiger partial charge >= 0.3 is 0 Å². The molecule has 1 aliphatic heterocycles. The van der Waals surface area contributed by atoms with Gasteiger partial charge in [0, 0.05) is 6.04 Å².